The van der Waals surface area contributed by atoms with Gasteiger partial charge in [0.15, 0.2) is 0 Å². The number of furan rings is 2. The van der Waals surface area contributed by atoms with Gasteiger partial charge >= 0.3 is 0 Å². The van der Waals surface area contributed by atoms with Crippen molar-refractivity contribution in [1.82, 2.24) is 0 Å². The molecule has 0 fully saturated rings. The van der Waals surface area contributed by atoms with Gasteiger partial charge in [-0.05, 0) is 43.2 Å². The second-order valence-corrected chi connectivity index (χ2v) is 7.78. The van der Waals surface area contributed by atoms with E-state index in [0.29, 0.717) is 5.02 Å². The minimum Gasteiger partial charge on any atom is -0.461 e. The maximum Gasteiger partial charge on any atom is 0.142 e. The molecule has 4 aromatic rings. The van der Waals surface area contributed by atoms with E-state index in [0.717, 1.165) is 46.7 Å². The molecule has 0 amide bonds. The van der Waals surface area contributed by atoms with Crippen molar-refractivity contribution in [2.75, 3.05) is 0 Å². The highest BCUT2D eigenvalue weighted by atomic mass is 35.5. The molecule has 2 nitrogen and oxygen atoms in total. The zero-order valence-electron chi connectivity index (χ0n) is 14.8. The van der Waals surface area contributed by atoms with Crippen molar-refractivity contribution < 1.29 is 8.83 Å². The number of fused-ring (bicyclic) bond motifs is 5. The maximum absolute atomic E-state index is 6.27. The number of halogens is 1. The Bertz CT molecular complexity index is 1120. The van der Waals surface area contributed by atoms with Gasteiger partial charge in [0, 0.05) is 27.8 Å². The third kappa shape index (κ3) is 2.18. The number of benzene rings is 2. The van der Waals surface area contributed by atoms with Crippen molar-refractivity contribution in [1.29, 1.82) is 0 Å². The van der Waals surface area contributed by atoms with Crippen LogP contribution in [0.1, 0.15) is 36.0 Å². The molecular weight excluding hydrogens is 344 g/mol. The Morgan fingerprint density at radius 2 is 1.81 bits per heavy atom. The summed E-state index contributed by atoms with van der Waals surface area (Å²) >= 11 is 6.27. The van der Waals surface area contributed by atoms with Crippen molar-refractivity contribution >= 4 is 22.6 Å². The second-order valence-electron chi connectivity index (χ2n) is 7.34. The van der Waals surface area contributed by atoms with E-state index in [1.165, 1.54) is 11.1 Å². The molecule has 2 aromatic carbocycles. The molecule has 26 heavy (non-hydrogen) atoms. The largest absolute Gasteiger partial charge is 0.461 e. The summed E-state index contributed by atoms with van der Waals surface area (Å²) in [5, 5.41) is 1.74. The fourth-order valence-electron chi connectivity index (χ4n) is 4.26. The number of hydrogen-bond acceptors (Lipinski definition) is 2. The Morgan fingerprint density at radius 3 is 2.62 bits per heavy atom. The average Bonchev–Trinajstić information content (AvgIpc) is 3.17. The molecule has 0 bridgehead atoms. The molecule has 1 aliphatic carbocycles. The highest BCUT2D eigenvalue weighted by molar-refractivity contribution is 6.31. The van der Waals surface area contributed by atoms with Gasteiger partial charge in [0.2, 0.25) is 0 Å². The van der Waals surface area contributed by atoms with Crippen molar-refractivity contribution in [3.63, 3.8) is 0 Å². The summed E-state index contributed by atoms with van der Waals surface area (Å²) in [6.45, 7) is 4.31. The molecule has 3 heteroatoms. The first-order valence-corrected chi connectivity index (χ1v) is 9.32. The third-order valence-corrected chi connectivity index (χ3v) is 5.90. The molecule has 2 heterocycles. The molecule has 0 unspecified atom stereocenters. The molecule has 5 rings (SSSR count). The smallest absolute Gasteiger partial charge is 0.142 e. The van der Waals surface area contributed by atoms with Crippen molar-refractivity contribution in [3.8, 4) is 11.3 Å². The summed E-state index contributed by atoms with van der Waals surface area (Å²) in [6.07, 6.45) is 1.82. The topological polar surface area (TPSA) is 26.3 Å². The monoisotopic (exact) mass is 362 g/mol. The molecule has 130 valence electrons. The van der Waals surface area contributed by atoms with E-state index in [1.807, 2.05) is 25.1 Å². The Morgan fingerprint density at radius 1 is 1.00 bits per heavy atom. The van der Waals surface area contributed by atoms with Crippen LogP contribution in [0.15, 0.2) is 63.4 Å². The van der Waals surface area contributed by atoms with Crippen molar-refractivity contribution in [2.45, 2.75) is 32.1 Å². The summed E-state index contributed by atoms with van der Waals surface area (Å²) in [7, 11) is 0. The van der Waals surface area contributed by atoms with E-state index < -0.39 is 0 Å². The maximum atomic E-state index is 6.27. The van der Waals surface area contributed by atoms with Crippen LogP contribution in [-0.4, -0.2) is 0 Å². The molecule has 0 saturated heterocycles. The quantitative estimate of drug-likeness (QED) is 0.368. The van der Waals surface area contributed by atoms with Crippen LogP contribution in [0.2, 0.25) is 5.02 Å². The molecule has 0 spiro atoms. The first-order chi connectivity index (χ1) is 12.6. The summed E-state index contributed by atoms with van der Waals surface area (Å²) in [6, 6.07) is 18.6. The van der Waals surface area contributed by atoms with E-state index >= 15 is 0 Å². The van der Waals surface area contributed by atoms with Gasteiger partial charge < -0.3 is 8.83 Å². The Kier molecular flexibility index (Phi) is 3.35. The summed E-state index contributed by atoms with van der Waals surface area (Å²) in [4.78, 5) is 0. The molecule has 0 N–H and O–H groups in total. The second kappa shape index (κ2) is 5.52. The minimum atomic E-state index is -0.124. The van der Waals surface area contributed by atoms with Crippen LogP contribution in [0.3, 0.4) is 0 Å². The summed E-state index contributed by atoms with van der Waals surface area (Å²) in [5.41, 5.74) is 4.32. The SMILES string of the molecule is Cc1cc2c(o1)-c1c(oc3ccc(Cl)cc13)CC[C@@]2(C)c1ccccc1. The highest BCUT2D eigenvalue weighted by Gasteiger charge is 2.38. The van der Waals surface area contributed by atoms with Crippen LogP contribution in [0.25, 0.3) is 22.3 Å². The van der Waals surface area contributed by atoms with Crippen molar-refractivity contribution in [3.05, 3.63) is 82.3 Å². The lowest BCUT2D eigenvalue weighted by Gasteiger charge is -2.29. The van der Waals surface area contributed by atoms with Gasteiger partial charge in [0.25, 0.3) is 0 Å². The zero-order chi connectivity index (χ0) is 17.9. The van der Waals surface area contributed by atoms with Crippen molar-refractivity contribution in [2.24, 2.45) is 0 Å². The van der Waals surface area contributed by atoms with E-state index in [-0.39, 0.29) is 5.41 Å². The van der Waals surface area contributed by atoms with E-state index in [1.54, 1.807) is 0 Å². The van der Waals surface area contributed by atoms with Crippen LogP contribution in [0, 0.1) is 6.92 Å². The first kappa shape index (κ1) is 15.8. The van der Waals surface area contributed by atoms with E-state index in [2.05, 4.69) is 43.3 Å². The predicted molar refractivity (Wildman–Crippen MR) is 105 cm³/mol. The molecular formula is C23H19ClO2. The Balaban J connectivity index is 1.83. The number of hydrogen-bond donors (Lipinski definition) is 0. The molecule has 1 atom stereocenters. The average molecular weight is 363 g/mol. The van der Waals surface area contributed by atoms with Gasteiger partial charge in [0.05, 0.1) is 5.56 Å². The lowest BCUT2D eigenvalue weighted by atomic mass is 9.73. The van der Waals surface area contributed by atoms with Crippen LogP contribution < -0.4 is 0 Å². The number of aryl methyl sites for hydroxylation is 2. The van der Waals surface area contributed by atoms with Gasteiger partial charge in [-0.1, -0.05) is 48.9 Å². The predicted octanol–water partition coefficient (Wildman–Crippen LogP) is 6.91. The van der Waals surface area contributed by atoms with Gasteiger partial charge in [-0.3, -0.25) is 0 Å². The lowest BCUT2D eigenvalue weighted by Crippen LogP contribution is -2.23. The van der Waals surface area contributed by atoms with Gasteiger partial charge in [-0.15, -0.1) is 0 Å². The Hall–Kier alpha value is -2.45. The lowest BCUT2D eigenvalue weighted by molar-refractivity contribution is 0.477. The van der Waals surface area contributed by atoms with Gasteiger partial charge in [0.1, 0.15) is 22.9 Å². The van der Waals surface area contributed by atoms with Crippen LogP contribution in [0.4, 0.5) is 0 Å². The van der Waals surface area contributed by atoms with E-state index in [4.69, 9.17) is 20.4 Å². The highest BCUT2D eigenvalue weighted by Crippen LogP contribution is 2.49. The van der Waals surface area contributed by atoms with Gasteiger partial charge in [-0.2, -0.15) is 0 Å². The minimum absolute atomic E-state index is 0.124. The molecule has 0 radical (unpaired) electrons. The van der Waals surface area contributed by atoms with Crippen LogP contribution in [-0.2, 0) is 11.8 Å². The zero-order valence-corrected chi connectivity index (χ0v) is 15.6. The fourth-order valence-corrected chi connectivity index (χ4v) is 4.43. The standard InChI is InChI=1S/C23H19ClO2/c1-14-12-18-22(25-14)21-17-13-16(24)8-9-19(17)26-20(21)10-11-23(18,2)15-6-4-3-5-7-15/h3-9,12-13H,10-11H2,1-2H3/t23-/m0/s1. The Labute approximate surface area is 157 Å². The summed E-state index contributed by atoms with van der Waals surface area (Å²) < 4.78 is 12.4. The fraction of sp³-hybridized carbons (Fsp3) is 0.217. The molecule has 2 aromatic heterocycles. The van der Waals surface area contributed by atoms with Crippen LogP contribution in [0.5, 0.6) is 0 Å². The molecule has 0 saturated carbocycles. The molecule has 1 aliphatic rings. The van der Waals surface area contributed by atoms with Crippen LogP contribution >= 0.6 is 11.6 Å². The third-order valence-electron chi connectivity index (χ3n) is 5.66. The molecule has 0 aliphatic heterocycles. The van der Waals surface area contributed by atoms with E-state index in [9.17, 15) is 0 Å². The normalized spacial score (nSPS) is 19.2. The first-order valence-electron chi connectivity index (χ1n) is 8.94. The number of rotatable bonds is 1. The summed E-state index contributed by atoms with van der Waals surface area (Å²) in [5.74, 6) is 2.82. The van der Waals surface area contributed by atoms with Gasteiger partial charge in [-0.25, -0.2) is 0 Å².